The molecule has 0 spiro atoms. The Labute approximate surface area is 169 Å². The number of rotatable bonds is 9. The van der Waals surface area contributed by atoms with Crippen molar-refractivity contribution in [1.82, 2.24) is 4.90 Å². The average molecular weight is 403 g/mol. The van der Waals surface area contributed by atoms with E-state index in [0.29, 0.717) is 23.8 Å². The molecule has 0 fully saturated rings. The molecule has 29 heavy (non-hydrogen) atoms. The molecule has 0 bridgehead atoms. The van der Waals surface area contributed by atoms with E-state index in [2.05, 4.69) is 5.32 Å². The van der Waals surface area contributed by atoms with Gasteiger partial charge in [0, 0.05) is 30.3 Å². The Morgan fingerprint density at radius 3 is 2.38 bits per heavy atom. The zero-order valence-electron chi connectivity index (χ0n) is 17.1. The van der Waals surface area contributed by atoms with Crippen molar-refractivity contribution in [3.63, 3.8) is 0 Å². The summed E-state index contributed by atoms with van der Waals surface area (Å²) >= 11 is 0. The highest BCUT2D eigenvalue weighted by Crippen LogP contribution is 2.29. The molecule has 1 N–H and O–H groups in total. The van der Waals surface area contributed by atoms with Gasteiger partial charge in [0.2, 0.25) is 5.91 Å². The number of amides is 1. The van der Waals surface area contributed by atoms with Gasteiger partial charge >= 0.3 is 0 Å². The summed E-state index contributed by atoms with van der Waals surface area (Å²) in [4.78, 5) is 25.0. The minimum atomic E-state index is -0.527. The third kappa shape index (κ3) is 5.35. The maximum atomic E-state index is 12.7. The van der Waals surface area contributed by atoms with Crippen LogP contribution in [0.4, 0.5) is 11.4 Å². The van der Waals surface area contributed by atoms with Crippen molar-refractivity contribution in [3.8, 4) is 17.2 Å². The van der Waals surface area contributed by atoms with E-state index in [1.807, 2.05) is 17.0 Å². The van der Waals surface area contributed by atoms with Crippen LogP contribution in [0, 0.1) is 10.1 Å². The van der Waals surface area contributed by atoms with E-state index in [0.717, 1.165) is 5.56 Å². The Hall–Kier alpha value is -3.33. The summed E-state index contributed by atoms with van der Waals surface area (Å²) in [6, 6.07) is 9.00. The monoisotopic (exact) mass is 403 g/mol. The zero-order valence-corrected chi connectivity index (χ0v) is 17.1. The largest absolute Gasteiger partial charge is 0.497 e. The molecule has 0 saturated carbocycles. The van der Waals surface area contributed by atoms with Gasteiger partial charge in [0.1, 0.15) is 17.2 Å². The summed E-state index contributed by atoms with van der Waals surface area (Å²) in [7, 11) is 6.39. The average Bonchev–Trinajstić information content (AvgIpc) is 2.73. The molecule has 2 aromatic carbocycles. The second kappa shape index (κ2) is 9.74. The summed E-state index contributed by atoms with van der Waals surface area (Å²) in [6.07, 6.45) is 0. The number of nitro groups is 1. The summed E-state index contributed by atoms with van der Waals surface area (Å²) in [5, 5.41) is 13.7. The first-order valence-electron chi connectivity index (χ1n) is 8.85. The second-order valence-corrected chi connectivity index (χ2v) is 6.40. The molecule has 1 atom stereocenters. The fourth-order valence-electron chi connectivity index (χ4n) is 2.73. The number of hydrogen-bond donors (Lipinski definition) is 1. The van der Waals surface area contributed by atoms with Gasteiger partial charge in [0.05, 0.1) is 38.0 Å². The lowest BCUT2D eigenvalue weighted by Gasteiger charge is -2.25. The summed E-state index contributed by atoms with van der Waals surface area (Å²) in [6.45, 7) is 2.20. The Kier molecular flexibility index (Phi) is 7.38. The predicted octanol–water partition coefficient (Wildman–Crippen LogP) is 3.08. The van der Waals surface area contributed by atoms with Crippen LogP contribution in [0.25, 0.3) is 0 Å². The fourth-order valence-corrected chi connectivity index (χ4v) is 2.73. The van der Waals surface area contributed by atoms with Crippen molar-refractivity contribution in [2.75, 3.05) is 33.7 Å². The maximum absolute atomic E-state index is 12.7. The van der Waals surface area contributed by atoms with Gasteiger partial charge in [-0.1, -0.05) is 6.07 Å². The topological polar surface area (TPSA) is 103 Å². The molecule has 9 nitrogen and oxygen atoms in total. The van der Waals surface area contributed by atoms with Gasteiger partial charge in [0.25, 0.3) is 5.69 Å². The van der Waals surface area contributed by atoms with Gasteiger partial charge in [-0.25, -0.2) is 0 Å². The molecule has 156 valence electrons. The first-order chi connectivity index (χ1) is 13.8. The van der Waals surface area contributed by atoms with Crippen LogP contribution in [0.2, 0.25) is 0 Å². The molecule has 0 saturated heterocycles. The maximum Gasteiger partial charge on any atom is 0.271 e. The Morgan fingerprint density at radius 1 is 1.10 bits per heavy atom. The molecule has 0 aromatic heterocycles. The number of nitro benzene ring substituents is 1. The third-order valence-electron chi connectivity index (χ3n) is 4.61. The minimum Gasteiger partial charge on any atom is -0.497 e. The first-order valence-corrected chi connectivity index (χ1v) is 8.85. The van der Waals surface area contributed by atoms with Crippen LogP contribution in [-0.2, 0) is 11.3 Å². The van der Waals surface area contributed by atoms with E-state index in [1.165, 1.54) is 25.3 Å². The van der Waals surface area contributed by atoms with Gasteiger partial charge in [-0.05, 0) is 26.1 Å². The van der Waals surface area contributed by atoms with Crippen molar-refractivity contribution < 1.29 is 23.9 Å². The van der Waals surface area contributed by atoms with E-state index in [-0.39, 0.29) is 17.3 Å². The number of nitrogens with one attached hydrogen (secondary N) is 1. The van der Waals surface area contributed by atoms with E-state index in [1.54, 1.807) is 34.3 Å². The molecule has 9 heteroatoms. The van der Waals surface area contributed by atoms with Gasteiger partial charge in [-0.2, -0.15) is 0 Å². The van der Waals surface area contributed by atoms with E-state index in [4.69, 9.17) is 14.2 Å². The van der Waals surface area contributed by atoms with Crippen molar-refractivity contribution in [2.24, 2.45) is 0 Å². The van der Waals surface area contributed by atoms with Crippen LogP contribution in [0.15, 0.2) is 36.4 Å². The van der Waals surface area contributed by atoms with Crippen molar-refractivity contribution in [2.45, 2.75) is 19.5 Å². The fraction of sp³-hybridized carbons (Fsp3) is 0.350. The number of likely N-dealkylation sites (N-methyl/N-ethyl adjacent to an activating group) is 1. The van der Waals surface area contributed by atoms with Gasteiger partial charge in [-0.15, -0.1) is 0 Å². The Morgan fingerprint density at radius 2 is 1.79 bits per heavy atom. The highest BCUT2D eigenvalue weighted by molar-refractivity contribution is 5.96. The SMILES string of the molecule is COc1ccc(CN(C)[C@H](C)C(=O)Nc2cc([N+](=O)[O-])ccc2OC)c(OC)c1. The van der Waals surface area contributed by atoms with Gasteiger partial charge in [-0.3, -0.25) is 19.8 Å². The zero-order chi connectivity index (χ0) is 21.6. The van der Waals surface area contributed by atoms with Crippen LogP contribution in [0.1, 0.15) is 12.5 Å². The molecule has 2 aromatic rings. The summed E-state index contributed by atoms with van der Waals surface area (Å²) in [5.74, 6) is 1.36. The van der Waals surface area contributed by atoms with E-state index >= 15 is 0 Å². The van der Waals surface area contributed by atoms with Crippen molar-refractivity contribution in [3.05, 3.63) is 52.1 Å². The molecule has 0 heterocycles. The number of nitrogens with zero attached hydrogens (tertiary/aromatic N) is 2. The number of benzene rings is 2. The van der Waals surface area contributed by atoms with Crippen LogP contribution >= 0.6 is 0 Å². The van der Waals surface area contributed by atoms with Crippen LogP contribution in [-0.4, -0.2) is 50.1 Å². The number of non-ortho nitro benzene ring substituents is 1. The number of carbonyl (C=O) groups is 1. The smallest absolute Gasteiger partial charge is 0.271 e. The van der Waals surface area contributed by atoms with Crippen molar-refractivity contribution >= 4 is 17.3 Å². The van der Waals surface area contributed by atoms with Gasteiger partial charge in [0.15, 0.2) is 0 Å². The molecule has 0 aliphatic carbocycles. The Bertz CT molecular complexity index is 887. The van der Waals surface area contributed by atoms with E-state index in [9.17, 15) is 14.9 Å². The van der Waals surface area contributed by atoms with Crippen molar-refractivity contribution in [1.29, 1.82) is 0 Å². The number of carbonyl (C=O) groups excluding carboxylic acids is 1. The van der Waals surface area contributed by atoms with Crippen LogP contribution < -0.4 is 19.5 Å². The lowest BCUT2D eigenvalue weighted by Crippen LogP contribution is -2.39. The molecule has 1 amide bonds. The molecular formula is C20H25N3O6. The normalized spacial score (nSPS) is 11.7. The highest BCUT2D eigenvalue weighted by atomic mass is 16.6. The van der Waals surface area contributed by atoms with Crippen LogP contribution in [0.3, 0.4) is 0 Å². The molecular weight excluding hydrogens is 378 g/mol. The van der Waals surface area contributed by atoms with E-state index < -0.39 is 11.0 Å². The third-order valence-corrected chi connectivity index (χ3v) is 4.61. The predicted molar refractivity (Wildman–Crippen MR) is 109 cm³/mol. The molecule has 0 radical (unpaired) electrons. The number of hydrogen-bond acceptors (Lipinski definition) is 7. The lowest BCUT2D eigenvalue weighted by atomic mass is 10.1. The second-order valence-electron chi connectivity index (χ2n) is 6.40. The molecule has 0 unspecified atom stereocenters. The first kappa shape index (κ1) is 22.0. The van der Waals surface area contributed by atoms with Gasteiger partial charge < -0.3 is 19.5 Å². The molecule has 0 aliphatic heterocycles. The summed E-state index contributed by atoms with van der Waals surface area (Å²) < 4.78 is 15.8. The minimum absolute atomic E-state index is 0.134. The quantitative estimate of drug-likeness (QED) is 0.507. The van der Waals surface area contributed by atoms with Crippen LogP contribution in [0.5, 0.6) is 17.2 Å². The molecule has 0 aliphatic rings. The number of ether oxygens (including phenoxy) is 3. The number of methoxy groups -OCH3 is 3. The molecule has 2 rings (SSSR count). The standard InChI is InChI=1S/C20H25N3O6/c1-13(22(2)12-14-6-8-16(27-3)11-19(14)29-5)20(24)21-17-10-15(23(25)26)7-9-18(17)28-4/h6-11,13H,12H2,1-5H3,(H,21,24)/t13-/m1/s1. The Balaban J connectivity index is 2.14. The lowest BCUT2D eigenvalue weighted by molar-refractivity contribution is -0.384. The summed E-state index contributed by atoms with van der Waals surface area (Å²) in [5.41, 5.74) is 1.00. The highest BCUT2D eigenvalue weighted by Gasteiger charge is 2.22. The number of anilines is 1.